The van der Waals surface area contributed by atoms with E-state index in [0.717, 1.165) is 35.8 Å². The summed E-state index contributed by atoms with van der Waals surface area (Å²) in [5.74, 6) is 2.28. The minimum absolute atomic E-state index is 0.111. The van der Waals surface area contributed by atoms with E-state index >= 15 is 0 Å². The van der Waals surface area contributed by atoms with Crippen LogP contribution in [-0.4, -0.2) is 31.2 Å². The Morgan fingerprint density at radius 1 is 1.00 bits per heavy atom. The third-order valence-corrected chi connectivity index (χ3v) is 4.28. The summed E-state index contributed by atoms with van der Waals surface area (Å²) in [6.45, 7) is 1.06. The van der Waals surface area contributed by atoms with E-state index in [0.29, 0.717) is 12.3 Å². The van der Waals surface area contributed by atoms with E-state index in [9.17, 15) is 4.79 Å². The van der Waals surface area contributed by atoms with Crippen LogP contribution in [0, 0.1) is 0 Å². The van der Waals surface area contributed by atoms with Crippen LogP contribution in [0.3, 0.4) is 0 Å². The smallest absolute Gasteiger partial charge is 0.227 e. The van der Waals surface area contributed by atoms with E-state index in [-0.39, 0.29) is 12.3 Å². The lowest BCUT2D eigenvalue weighted by atomic mass is 10.1. The molecule has 3 aromatic rings. The van der Waals surface area contributed by atoms with Gasteiger partial charge in [0.05, 0.1) is 32.0 Å². The van der Waals surface area contributed by atoms with Crippen molar-refractivity contribution >= 4 is 17.4 Å². The van der Waals surface area contributed by atoms with Crippen molar-refractivity contribution in [2.24, 2.45) is 0 Å². The van der Waals surface area contributed by atoms with E-state index in [2.05, 4.69) is 15.6 Å². The summed E-state index contributed by atoms with van der Waals surface area (Å²) in [7, 11) is 1.68. The van der Waals surface area contributed by atoms with Gasteiger partial charge in [0.25, 0.3) is 0 Å². The van der Waals surface area contributed by atoms with Crippen LogP contribution in [0.15, 0.2) is 72.9 Å². The molecule has 6 nitrogen and oxygen atoms in total. The minimum atomic E-state index is -0.111. The Hall–Kier alpha value is -3.54. The second-order valence-corrected chi connectivity index (χ2v) is 6.38. The number of benzene rings is 2. The Morgan fingerprint density at radius 2 is 1.79 bits per heavy atom. The van der Waals surface area contributed by atoms with Gasteiger partial charge in [0.1, 0.15) is 17.3 Å². The molecule has 0 fully saturated rings. The molecule has 0 unspecified atom stereocenters. The number of nitrogens with zero attached hydrogens (tertiary/aromatic N) is 1. The maximum absolute atomic E-state index is 12.0. The SMILES string of the molecule is COc1ccccc1CCNc1ccc(NC(=O)CCOc2ccccc2)cn1. The van der Waals surface area contributed by atoms with Crippen LogP contribution >= 0.6 is 0 Å². The molecule has 2 N–H and O–H groups in total. The van der Waals surface area contributed by atoms with Crippen molar-refractivity contribution in [2.75, 3.05) is 30.9 Å². The molecule has 0 aliphatic rings. The first-order chi connectivity index (χ1) is 14.2. The number of hydrogen-bond acceptors (Lipinski definition) is 5. The van der Waals surface area contributed by atoms with Crippen molar-refractivity contribution in [1.82, 2.24) is 4.98 Å². The first-order valence-corrected chi connectivity index (χ1v) is 9.54. The molecule has 1 amide bonds. The zero-order chi connectivity index (χ0) is 20.3. The predicted molar refractivity (Wildman–Crippen MR) is 115 cm³/mol. The van der Waals surface area contributed by atoms with Gasteiger partial charge in [-0.05, 0) is 42.3 Å². The summed E-state index contributed by atoms with van der Waals surface area (Å²) >= 11 is 0. The third-order valence-electron chi connectivity index (χ3n) is 4.28. The van der Waals surface area contributed by atoms with Crippen molar-refractivity contribution in [3.8, 4) is 11.5 Å². The summed E-state index contributed by atoms with van der Waals surface area (Å²) in [5.41, 5.74) is 1.80. The molecule has 0 aliphatic heterocycles. The summed E-state index contributed by atoms with van der Waals surface area (Å²) < 4.78 is 10.9. The second kappa shape index (κ2) is 10.7. The van der Waals surface area contributed by atoms with E-state index in [1.807, 2.05) is 66.7 Å². The van der Waals surface area contributed by atoms with Gasteiger partial charge in [0.2, 0.25) is 5.91 Å². The molecule has 6 heteroatoms. The number of rotatable bonds is 10. The van der Waals surface area contributed by atoms with Gasteiger partial charge in [-0.1, -0.05) is 36.4 Å². The van der Waals surface area contributed by atoms with Crippen LogP contribution < -0.4 is 20.1 Å². The number of pyridine rings is 1. The van der Waals surface area contributed by atoms with Crippen molar-refractivity contribution < 1.29 is 14.3 Å². The highest BCUT2D eigenvalue weighted by atomic mass is 16.5. The molecule has 1 heterocycles. The molecular formula is C23H25N3O3. The summed E-state index contributed by atoms with van der Waals surface area (Å²) in [5, 5.41) is 6.10. The lowest BCUT2D eigenvalue weighted by Crippen LogP contribution is -2.15. The fourth-order valence-corrected chi connectivity index (χ4v) is 2.81. The molecule has 150 valence electrons. The van der Waals surface area contributed by atoms with Crippen molar-refractivity contribution in [2.45, 2.75) is 12.8 Å². The van der Waals surface area contributed by atoms with Crippen molar-refractivity contribution in [3.05, 3.63) is 78.5 Å². The van der Waals surface area contributed by atoms with Gasteiger partial charge in [0, 0.05) is 6.54 Å². The highest BCUT2D eigenvalue weighted by Gasteiger charge is 2.05. The number of ether oxygens (including phenoxy) is 2. The molecule has 0 aliphatic carbocycles. The zero-order valence-corrected chi connectivity index (χ0v) is 16.4. The van der Waals surface area contributed by atoms with E-state index in [1.165, 1.54) is 0 Å². The highest BCUT2D eigenvalue weighted by Crippen LogP contribution is 2.18. The Bertz CT molecular complexity index is 899. The van der Waals surface area contributed by atoms with Crippen LogP contribution in [0.25, 0.3) is 0 Å². The van der Waals surface area contributed by atoms with E-state index < -0.39 is 0 Å². The lowest BCUT2D eigenvalue weighted by Gasteiger charge is -2.10. The van der Waals surface area contributed by atoms with Crippen LogP contribution in [0.4, 0.5) is 11.5 Å². The molecule has 0 saturated heterocycles. The standard InChI is InChI=1S/C23H25N3O3/c1-28-21-10-6-5-7-18(21)13-15-24-22-12-11-19(17-25-22)26-23(27)14-16-29-20-8-3-2-4-9-20/h2-12,17H,13-16H2,1H3,(H,24,25)(H,26,27). The Kier molecular flexibility index (Phi) is 7.46. The molecule has 0 spiro atoms. The first-order valence-electron chi connectivity index (χ1n) is 9.54. The first kappa shape index (κ1) is 20.2. The molecule has 2 aromatic carbocycles. The fourth-order valence-electron chi connectivity index (χ4n) is 2.81. The van der Waals surface area contributed by atoms with Gasteiger partial charge >= 0.3 is 0 Å². The minimum Gasteiger partial charge on any atom is -0.496 e. The highest BCUT2D eigenvalue weighted by molar-refractivity contribution is 5.90. The molecule has 29 heavy (non-hydrogen) atoms. The van der Waals surface area contributed by atoms with Gasteiger partial charge in [-0.3, -0.25) is 4.79 Å². The zero-order valence-electron chi connectivity index (χ0n) is 16.4. The second-order valence-electron chi connectivity index (χ2n) is 6.38. The summed E-state index contributed by atoms with van der Waals surface area (Å²) in [4.78, 5) is 16.4. The molecule has 3 rings (SSSR count). The predicted octanol–water partition coefficient (Wildman–Crippen LogP) is 4.15. The average Bonchev–Trinajstić information content (AvgIpc) is 2.76. The number of hydrogen-bond donors (Lipinski definition) is 2. The van der Waals surface area contributed by atoms with Crippen molar-refractivity contribution in [1.29, 1.82) is 0 Å². The average molecular weight is 391 g/mol. The maximum Gasteiger partial charge on any atom is 0.227 e. The van der Waals surface area contributed by atoms with Crippen LogP contribution in [0.2, 0.25) is 0 Å². The van der Waals surface area contributed by atoms with Crippen LogP contribution in [-0.2, 0) is 11.2 Å². The molecule has 0 atom stereocenters. The largest absolute Gasteiger partial charge is 0.496 e. The summed E-state index contributed by atoms with van der Waals surface area (Å²) in [6.07, 6.45) is 2.74. The van der Waals surface area contributed by atoms with Gasteiger partial charge < -0.3 is 20.1 Å². The molecule has 0 bridgehead atoms. The van der Waals surface area contributed by atoms with E-state index in [4.69, 9.17) is 9.47 Å². The number of carbonyl (C=O) groups is 1. The van der Waals surface area contributed by atoms with Crippen LogP contribution in [0.1, 0.15) is 12.0 Å². The van der Waals surface area contributed by atoms with Gasteiger partial charge in [-0.15, -0.1) is 0 Å². The number of nitrogens with one attached hydrogen (secondary N) is 2. The molecular weight excluding hydrogens is 366 g/mol. The number of para-hydroxylation sites is 2. The summed E-state index contributed by atoms with van der Waals surface area (Å²) in [6, 6.07) is 21.1. The molecule has 0 saturated carbocycles. The number of aromatic nitrogens is 1. The Morgan fingerprint density at radius 3 is 2.55 bits per heavy atom. The molecule has 0 radical (unpaired) electrons. The Labute approximate surface area is 170 Å². The van der Waals surface area contributed by atoms with E-state index in [1.54, 1.807) is 13.3 Å². The quantitative estimate of drug-likeness (QED) is 0.543. The lowest BCUT2D eigenvalue weighted by molar-refractivity contribution is -0.116. The third kappa shape index (κ3) is 6.53. The fraction of sp³-hybridized carbons (Fsp3) is 0.217. The monoisotopic (exact) mass is 391 g/mol. The number of amides is 1. The molecule has 1 aromatic heterocycles. The number of anilines is 2. The normalized spacial score (nSPS) is 10.2. The van der Waals surface area contributed by atoms with Gasteiger partial charge in [0.15, 0.2) is 0 Å². The van der Waals surface area contributed by atoms with Gasteiger partial charge in [-0.2, -0.15) is 0 Å². The number of carbonyl (C=O) groups excluding carboxylic acids is 1. The maximum atomic E-state index is 12.0. The van der Waals surface area contributed by atoms with Crippen molar-refractivity contribution in [3.63, 3.8) is 0 Å². The van der Waals surface area contributed by atoms with Gasteiger partial charge in [-0.25, -0.2) is 4.98 Å². The Balaban J connectivity index is 1.39. The van der Waals surface area contributed by atoms with Crippen LogP contribution in [0.5, 0.6) is 11.5 Å². The number of methoxy groups -OCH3 is 1. The topological polar surface area (TPSA) is 72.5 Å².